The average molecular weight is 264 g/mol. The summed E-state index contributed by atoms with van der Waals surface area (Å²) in [6, 6.07) is 8.61. The highest BCUT2D eigenvalue weighted by Gasteiger charge is 2.16. The molecule has 0 saturated heterocycles. The maximum Gasteiger partial charge on any atom is 0.282 e. The minimum absolute atomic E-state index is 0.270. The van der Waals surface area contributed by atoms with Crippen molar-refractivity contribution in [2.24, 2.45) is 0 Å². The van der Waals surface area contributed by atoms with Crippen molar-refractivity contribution >= 4 is 10.0 Å². The van der Waals surface area contributed by atoms with Crippen LogP contribution in [0.15, 0.2) is 47.6 Å². The Balaban J connectivity index is 2.25. The van der Waals surface area contributed by atoms with E-state index in [0.29, 0.717) is 0 Å². The van der Waals surface area contributed by atoms with Crippen molar-refractivity contribution in [3.05, 3.63) is 48.3 Å². The highest BCUT2D eigenvalue weighted by molar-refractivity contribution is 7.89. The van der Waals surface area contributed by atoms with E-state index >= 15 is 0 Å². The normalized spacial score (nSPS) is 11.6. The number of aromatic nitrogens is 2. The number of hydrogen-bond donors (Lipinski definition) is 0. The molecule has 0 aliphatic heterocycles. The molecule has 0 atom stereocenters. The van der Waals surface area contributed by atoms with Gasteiger partial charge in [0.2, 0.25) is 0 Å². The van der Waals surface area contributed by atoms with Crippen LogP contribution in [0, 0.1) is 0 Å². The summed E-state index contributed by atoms with van der Waals surface area (Å²) in [4.78, 5) is 0.270. The van der Waals surface area contributed by atoms with Crippen LogP contribution in [0.2, 0.25) is 0 Å². The first-order valence-corrected chi connectivity index (χ1v) is 7.43. The van der Waals surface area contributed by atoms with E-state index in [0.717, 1.165) is 28.9 Å². The van der Waals surface area contributed by atoms with Gasteiger partial charge in [0.15, 0.2) is 0 Å². The molecule has 5 heteroatoms. The van der Waals surface area contributed by atoms with Crippen LogP contribution < -0.4 is 0 Å². The topological polar surface area (TPSA) is 52.0 Å². The second-order valence-corrected chi connectivity index (χ2v) is 5.93. The molecule has 0 aliphatic carbocycles. The van der Waals surface area contributed by atoms with Gasteiger partial charge in [-0.05, 0) is 36.6 Å². The molecular formula is C13H16N2O2S. The van der Waals surface area contributed by atoms with Gasteiger partial charge in [-0.25, -0.2) is 0 Å². The molecule has 0 spiro atoms. The molecule has 0 radical (unpaired) electrons. The van der Waals surface area contributed by atoms with Gasteiger partial charge in [0.05, 0.1) is 11.1 Å². The zero-order valence-corrected chi connectivity index (χ0v) is 11.1. The van der Waals surface area contributed by atoms with Gasteiger partial charge < -0.3 is 0 Å². The predicted molar refractivity (Wildman–Crippen MR) is 69.9 cm³/mol. The van der Waals surface area contributed by atoms with E-state index in [-0.39, 0.29) is 4.90 Å². The summed E-state index contributed by atoms with van der Waals surface area (Å²) in [6.45, 7) is 2.14. The Bertz CT molecular complexity index is 586. The third-order valence-electron chi connectivity index (χ3n) is 2.77. The highest BCUT2D eigenvalue weighted by atomic mass is 32.2. The third-order valence-corrected chi connectivity index (χ3v) is 4.34. The first-order valence-electron chi connectivity index (χ1n) is 5.99. The van der Waals surface area contributed by atoms with Crippen molar-refractivity contribution in [3.8, 4) is 0 Å². The Labute approximate surface area is 107 Å². The maximum atomic E-state index is 12.1. The molecule has 2 rings (SSSR count). The molecule has 2 aromatic rings. The molecule has 0 aliphatic rings. The molecule has 0 unspecified atom stereocenters. The largest absolute Gasteiger partial charge is 0.282 e. The van der Waals surface area contributed by atoms with Crippen LogP contribution in [0.4, 0.5) is 0 Å². The molecule has 1 aromatic heterocycles. The fourth-order valence-corrected chi connectivity index (χ4v) is 2.82. The SMILES string of the molecule is CCCCc1ccc(S(=O)(=O)n2cccn2)cc1. The van der Waals surface area contributed by atoms with Crippen molar-refractivity contribution in [2.75, 3.05) is 0 Å². The summed E-state index contributed by atoms with van der Waals surface area (Å²) in [5.74, 6) is 0. The van der Waals surface area contributed by atoms with E-state index < -0.39 is 10.0 Å². The fourth-order valence-electron chi connectivity index (χ4n) is 1.71. The number of rotatable bonds is 5. The standard InChI is InChI=1S/C13H16N2O2S/c1-2-3-5-12-6-8-13(9-7-12)18(16,17)15-11-4-10-14-15/h4,6-11H,2-3,5H2,1H3. The minimum Gasteiger partial charge on any atom is -0.199 e. The molecule has 0 amide bonds. The zero-order valence-electron chi connectivity index (χ0n) is 10.3. The molecule has 4 nitrogen and oxygen atoms in total. The van der Waals surface area contributed by atoms with Gasteiger partial charge in [-0.2, -0.15) is 17.6 Å². The maximum absolute atomic E-state index is 12.1. The van der Waals surface area contributed by atoms with Gasteiger partial charge in [-0.15, -0.1) is 0 Å². The second-order valence-electron chi connectivity index (χ2n) is 4.13. The summed E-state index contributed by atoms with van der Waals surface area (Å²) in [5, 5.41) is 3.77. The lowest BCUT2D eigenvalue weighted by Crippen LogP contribution is -2.13. The third kappa shape index (κ3) is 2.61. The van der Waals surface area contributed by atoms with Crippen molar-refractivity contribution in [1.29, 1.82) is 0 Å². The molecule has 1 heterocycles. The monoisotopic (exact) mass is 264 g/mol. The lowest BCUT2D eigenvalue weighted by molar-refractivity contribution is 0.580. The predicted octanol–water partition coefficient (Wildman–Crippen LogP) is 2.46. The summed E-state index contributed by atoms with van der Waals surface area (Å²) in [5.41, 5.74) is 1.16. The van der Waals surface area contributed by atoms with E-state index in [2.05, 4.69) is 12.0 Å². The summed E-state index contributed by atoms with van der Waals surface area (Å²) >= 11 is 0. The van der Waals surface area contributed by atoms with Crippen LogP contribution in [0.3, 0.4) is 0 Å². The molecule has 18 heavy (non-hydrogen) atoms. The van der Waals surface area contributed by atoms with Crippen molar-refractivity contribution in [3.63, 3.8) is 0 Å². The highest BCUT2D eigenvalue weighted by Crippen LogP contribution is 2.14. The lowest BCUT2D eigenvalue weighted by atomic mass is 10.1. The lowest BCUT2D eigenvalue weighted by Gasteiger charge is -2.05. The molecule has 1 aromatic carbocycles. The van der Waals surface area contributed by atoms with Crippen LogP contribution in [-0.2, 0) is 16.4 Å². The van der Waals surface area contributed by atoms with E-state index in [1.807, 2.05) is 12.1 Å². The minimum atomic E-state index is -3.53. The summed E-state index contributed by atoms with van der Waals surface area (Å²) in [7, 11) is -3.53. The summed E-state index contributed by atoms with van der Waals surface area (Å²) < 4.78 is 25.2. The Morgan fingerprint density at radius 3 is 2.50 bits per heavy atom. The molecule has 0 saturated carbocycles. The van der Waals surface area contributed by atoms with Gasteiger partial charge in [0.1, 0.15) is 0 Å². The molecule has 96 valence electrons. The van der Waals surface area contributed by atoms with Crippen LogP contribution in [0.5, 0.6) is 0 Å². The Kier molecular flexibility index (Phi) is 3.81. The Hall–Kier alpha value is -1.62. The van der Waals surface area contributed by atoms with Crippen LogP contribution in [-0.4, -0.2) is 17.6 Å². The van der Waals surface area contributed by atoms with Gasteiger partial charge in [-0.3, -0.25) is 0 Å². The zero-order chi connectivity index (χ0) is 13.0. The fraction of sp³-hybridized carbons (Fsp3) is 0.308. The van der Waals surface area contributed by atoms with E-state index in [9.17, 15) is 8.42 Å². The van der Waals surface area contributed by atoms with Crippen molar-refractivity contribution in [2.45, 2.75) is 31.1 Å². The van der Waals surface area contributed by atoms with E-state index in [1.165, 1.54) is 12.4 Å². The number of unbranched alkanes of at least 4 members (excludes halogenated alkanes) is 1. The van der Waals surface area contributed by atoms with Crippen LogP contribution in [0.1, 0.15) is 25.3 Å². The number of hydrogen-bond acceptors (Lipinski definition) is 3. The van der Waals surface area contributed by atoms with Crippen molar-refractivity contribution in [1.82, 2.24) is 9.19 Å². The van der Waals surface area contributed by atoms with Crippen molar-refractivity contribution < 1.29 is 8.42 Å². The van der Waals surface area contributed by atoms with E-state index in [4.69, 9.17) is 0 Å². The molecule has 0 bridgehead atoms. The quantitative estimate of drug-likeness (QED) is 0.833. The van der Waals surface area contributed by atoms with Gasteiger partial charge >= 0.3 is 0 Å². The molecular weight excluding hydrogens is 248 g/mol. The molecule has 0 N–H and O–H groups in total. The number of nitrogens with zero attached hydrogens (tertiary/aromatic N) is 2. The summed E-state index contributed by atoms with van der Waals surface area (Å²) in [6.07, 6.45) is 6.12. The van der Waals surface area contributed by atoms with Crippen LogP contribution >= 0.6 is 0 Å². The van der Waals surface area contributed by atoms with E-state index in [1.54, 1.807) is 18.2 Å². The smallest absolute Gasteiger partial charge is 0.199 e. The Morgan fingerprint density at radius 2 is 1.94 bits per heavy atom. The van der Waals surface area contributed by atoms with Crippen LogP contribution in [0.25, 0.3) is 0 Å². The second kappa shape index (κ2) is 5.35. The molecule has 0 fully saturated rings. The Morgan fingerprint density at radius 1 is 1.22 bits per heavy atom. The number of benzene rings is 1. The average Bonchev–Trinajstić information content (AvgIpc) is 2.91. The first-order chi connectivity index (χ1) is 8.64. The van der Waals surface area contributed by atoms with Gasteiger partial charge in [-0.1, -0.05) is 25.5 Å². The number of aryl methyl sites for hydroxylation is 1. The van der Waals surface area contributed by atoms with Gasteiger partial charge in [0, 0.05) is 6.20 Å². The van der Waals surface area contributed by atoms with Gasteiger partial charge in [0.25, 0.3) is 10.0 Å². The first kappa shape index (κ1) is 12.8.